The fraction of sp³-hybridized carbons (Fsp3) is 0.829. The second-order valence-corrected chi connectivity index (χ2v) is 14.9. The molecule has 0 amide bonds. The van der Waals surface area contributed by atoms with Gasteiger partial charge in [0.15, 0.2) is 11.9 Å². The molecule has 45 heavy (non-hydrogen) atoms. The maximum Gasteiger partial charge on any atom is 0.303 e. The first-order valence-corrected chi connectivity index (χ1v) is 16.7. The van der Waals surface area contributed by atoms with Crippen LogP contribution in [0.15, 0.2) is 0 Å². The molecule has 4 rings (SSSR count). The Balaban J connectivity index is 1.63. The summed E-state index contributed by atoms with van der Waals surface area (Å²) in [7, 11) is 0. The fourth-order valence-electron chi connectivity index (χ4n) is 10.1. The molecule has 4 saturated carbocycles. The molecule has 0 aromatic rings. The number of rotatable bonds is 10. The van der Waals surface area contributed by atoms with Gasteiger partial charge in [-0.3, -0.25) is 28.8 Å². The zero-order chi connectivity index (χ0) is 33.4. The molecule has 0 saturated heterocycles. The van der Waals surface area contributed by atoms with E-state index < -0.39 is 47.4 Å². The number of esters is 4. The zero-order valence-corrected chi connectivity index (χ0v) is 28.2. The molecule has 0 radical (unpaired) electrons. The maximum absolute atomic E-state index is 14.1. The molecule has 0 unspecified atom stereocenters. The van der Waals surface area contributed by atoms with Crippen molar-refractivity contribution in [1.82, 2.24) is 0 Å². The first kappa shape index (κ1) is 35.1. The van der Waals surface area contributed by atoms with Crippen molar-refractivity contribution < 1.29 is 47.7 Å². The van der Waals surface area contributed by atoms with Gasteiger partial charge in [0.1, 0.15) is 18.0 Å². The SMILES string of the molecule is CC(=O)OC[C@H](C)C[C@H](OC(C)=O)C(=O)[C@H](C)[C@H]1C(=O)C[C@H]2[C@@H]3CC[C@H]4C[C@@H](OC(C)=O)CC[C@]4(C)[C@H]3C[C@@H](OC(C)=O)[C@]12C. The highest BCUT2D eigenvalue weighted by molar-refractivity contribution is 5.94. The third-order valence-corrected chi connectivity index (χ3v) is 12.0. The molecule has 0 aromatic heterocycles. The van der Waals surface area contributed by atoms with E-state index >= 15 is 0 Å². The van der Waals surface area contributed by atoms with Crippen LogP contribution in [0.3, 0.4) is 0 Å². The first-order valence-electron chi connectivity index (χ1n) is 16.7. The summed E-state index contributed by atoms with van der Waals surface area (Å²) in [5.41, 5.74) is -0.804. The van der Waals surface area contributed by atoms with Gasteiger partial charge in [-0.05, 0) is 80.0 Å². The van der Waals surface area contributed by atoms with Gasteiger partial charge in [-0.25, -0.2) is 0 Å². The van der Waals surface area contributed by atoms with Crippen LogP contribution >= 0.6 is 0 Å². The summed E-state index contributed by atoms with van der Waals surface area (Å²) in [5.74, 6) is -3.04. The lowest BCUT2D eigenvalue weighted by Gasteiger charge is -2.62. The Morgan fingerprint density at radius 2 is 1.51 bits per heavy atom. The summed E-state index contributed by atoms with van der Waals surface area (Å²) in [6, 6.07) is 0. The summed E-state index contributed by atoms with van der Waals surface area (Å²) < 4.78 is 22.3. The molecule has 4 aliphatic carbocycles. The van der Waals surface area contributed by atoms with Crippen LogP contribution in [0.4, 0.5) is 0 Å². The van der Waals surface area contributed by atoms with Crippen molar-refractivity contribution in [2.75, 3.05) is 6.61 Å². The zero-order valence-electron chi connectivity index (χ0n) is 28.2. The van der Waals surface area contributed by atoms with Crippen LogP contribution in [0.2, 0.25) is 0 Å². The molecule has 0 aliphatic heterocycles. The predicted molar refractivity (Wildman–Crippen MR) is 162 cm³/mol. The summed E-state index contributed by atoms with van der Waals surface area (Å²) in [5, 5.41) is 0. The third-order valence-electron chi connectivity index (χ3n) is 12.0. The lowest BCUT2D eigenvalue weighted by Crippen LogP contribution is -2.60. The minimum absolute atomic E-state index is 0.0125. The van der Waals surface area contributed by atoms with Crippen molar-refractivity contribution in [1.29, 1.82) is 0 Å². The lowest BCUT2D eigenvalue weighted by atomic mass is 9.43. The molecule has 0 spiro atoms. The van der Waals surface area contributed by atoms with Gasteiger partial charge in [0.2, 0.25) is 0 Å². The maximum atomic E-state index is 14.1. The Kier molecular flexibility index (Phi) is 10.5. The Labute approximate surface area is 267 Å². The minimum atomic E-state index is -1.09. The first-order chi connectivity index (χ1) is 21.0. The molecular weight excluding hydrogens is 580 g/mol. The van der Waals surface area contributed by atoms with Crippen molar-refractivity contribution in [3.8, 4) is 0 Å². The number of hydrogen-bond donors (Lipinski definition) is 0. The van der Waals surface area contributed by atoms with Gasteiger partial charge in [0.25, 0.3) is 0 Å². The molecular formula is C35H52O10. The lowest BCUT2D eigenvalue weighted by molar-refractivity contribution is -0.198. The van der Waals surface area contributed by atoms with E-state index in [1.807, 2.05) is 13.8 Å². The molecule has 0 N–H and O–H groups in total. The monoisotopic (exact) mass is 632 g/mol. The Morgan fingerprint density at radius 3 is 2.11 bits per heavy atom. The average Bonchev–Trinajstić information content (AvgIpc) is 3.21. The van der Waals surface area contributed by atoms with Crippen LogP contribution in [-0.4, -0.2) is 60.4 Å². The molecule has 0 bridgehead atoms. The molecule has 0 heterocycles. The molecule has 0 aromatic carbocycles. The smallest absolute Gasteiger partial charge is 0.303 e. The van der Waals surface area contributed by atoms with Crippen LogP contribution in [0, 0.1) is 52.3 Å². The number of Topliss-reactive ketones (excluding diaryl/α,β-unsaturated/α-hetero) is 2. The number of ether oxygens (including phenoxy) is 4. The predicted octanol–water partition coefficient (Wildman–Crippen LogP) is 5.02. The number of carbonyl (C=O) groups is 6. The van der Waals surface area contributed by atoms with Gasteiger partial charge in [0.05, 0.1) is 6.61 Å². The number of fused-ring (bicyclic) bond motifs is 5. The Hall–Kier alpha value is -2.78. The van der Waals surface area contributed by atoms with Gasteiger partial charge in [-0.1, -0.05) is 27.7 Å². The van der Waals surface area contributed by atoms with E-state index in [2.05, 4.69) is 6.92 Å². The van der Waals surface area contributed by atoms with Gasteiger partial charge in [0, 0.05) is 51.4 Å². The highest BCUT2D eigenvalue weighted by Gasteiger charge is 2.68. The number of ketones is 2. The van der Waals surface area contributed by atoms with Crippen molar-refractivity contribution in [3.05, 3.63) is 0 Å². The largest absolute Gasteiger partial charge is 0.466 e. The van der Waals surface area contributed by atoms with E-state index in [0.29, 0.717) is 18.8 Å². The topological polar surface area (TPSA) is 139 Å². The van der Waals surface area contributed by atoms with E-state index in [4.69, 9.17) is 18.9 Å². The van der Waals surface area contributed by atoms with E-state index in [1.54, 1.807) is 6.92 Å². The van der Waals surface area contributed by atoms with Crippen molar-refractivity contribution in [3.63, 3.8) is 0 Å². The van der Waals surface area contributed by atoms with Crippen LogP contribution in [0.1, 0.15) is 107 Å². The summed E-state index contributed by atoms with van der Waals surface area (Å²) in [6.07, 6.45) is 3.76. The molecule has 10 heteroatoms. The molecule has 10 nitrogen and oxygen atoms in total. The summed E-state index contributed by atoms with van der Waals surface area (Å²) in [6.45, 7) is 13.4. The van der Waals surface area contributed by atoms with Gasteiger partial charge in [-0.15, -0.1) is 0 Å². The Morgan fingerprint density at radius 1 is 0.844 bits per heavy atom. The van der Waals surface area contributed by atoms with Crippen LogP contribution in [0.5, 0.6) is 0 Å². The average molecular weight is 633 g/mol. The van der Waals surface area contributed by atoms with E-state index in [0.717, 1.165) is 32.1 Å². The Bertz CT molecular complexity index is 1190. The molecule has 252 valence electrons. The van der Waals surface area contributed by atoms with Crippen LogP contribution in [0.25, 0.3) is 0 Å². The fourth-order valence-corrected chi connectivity index (χ4v) is 10.1. The molecule has 12 atom stereocenters. The molecule has 4 fully saturated rings. The highest BCUT2D eigenvalue weighted by atomic mass is 16.6. The quantitative estimate of drug-likeness (QED) is 0.238. The van der Waals surface area contributed by atoms with E-state index in [9.17, 15) is 28.8 Å². The highest BCUT2D eigenvalue weighted by Crippen LogP contribution is 2.68. The molecule has 4 aliphatic rings. The van der Waals surface area contributed by atoms with Gasteiger partial charge < -0.3 is 18.9 Å². The van der Waals surface area contributed by atoms with Crippen molar-refractivity contribution in [2.24, 2.45) is 52.3 Å². The van der Waals surface area contributed by atoms with E-state index in [-0.39, 0.29) is 65.8 Å². The second-order valence-electron chi connectivity index (χ2n) is 14.9. The van der Waals surface area contributed by atoms with Gasteiger partial charge in [-0.2, -0.15) is 0 Å². The third kappa shape index (κ3) is 6.99. The summed E-state index contributed by atoms with van der Waals surface area (Å²) in [4.78, 5) is 75.7. The number of hydrogen-bond acceptors (Lipinski definition) is 10. The van der Waals surface area contributed by atoms with Crippen LogP contribution < -0.4 is 0 Å². The normalized spacial score (nSPS) is 37.5. The minimum Gasteiger partial charge on any atom is -0.466 e. The van der Waals surface area contributed by atoms with E-state index in [1.165, 1.54) is 27.7 Å². The van der Waals surface area contributed by atoms with Gasteiger partial charge >= 0.3 is 23.9 Å². The van der Waals surface area contributed by atoms with Crippen molar-refractivity contribution in [2.45, 2.75) is 125 Å². The summed E-state index contributed by atoms with van der Waals surface area (Å²) >= 11 is 0. The van der Waals surface area contributed by atoms with Crippen molar-refractivity contribution >= 4 is 35.4 Å². The van der Waals surface area contributed by atoms with Crippen LogP contribution in [-0.2, 0) is 47.7 Å². The number of carbonyl (C=O) groups excluding carboxylic acids is 6. The second kappa shape index (κ2) is 13.5. The standard InChI is InChI=1S/C35H52O10/c1-18(17-42-20(3)36)13-30(44-22(5)38)33(41)19(2)32-29(40)15-28-26-10-9-24-14-25(43-21(4)37)11-12-34(24,7)27(26)16-31(35(28,32)8)45-23(6)39/h18-19,24-28,30-32H,9-17H2,1-8H3/t18-,19-,24+,25+,26-,27+,28+,30+,31-,32+,34+,35-/m1/s1.